The predicted molar refractivity (Wildman–Crippen MR) is 58.8 cm³/mol. The number of amides is 2. The highest BCUT2D eigenvalue weighted by atomic mass is 32.2. The number of aliphatic carboxylic acids is 1. The van der Waals surface area contributed by atoms with Crippen LogP contribution in [0.1, 0.15) is 6.92 Å². The number of carbonyl (C=O) groups excluding carboxylic acids is 1. The average Bonchev–Trinajstić information content (AvgIpc) is 2.62. The number of hydrogen-bond donors (Lipinski definition) is 2. The molecule has 0 saturated carbocycles. The molecule has 5 nitrogen and oxygen atoms in total. The Morgan fingerprint density at radius 1 is 1.67 bits per heavy atom. The van der Waals surface area contributed by atoms with Crippen molar-refractivity contribution in [2.75, 3.05) is 18.2 Å². The zero-order valence-corrected chi connectivity index (χ0v) is 9.34. The van der Waals surface area contributed by atoms with Crippen LogP contribution >= 0.6 is 11.8 Å². The average molecular weight is 230 g/mol. The van der Waals surface area contributed by atoms with E-state index in [1.54, 1.807) is 6.92 Å². The second-order valence-corrected chi connectivity index (χ2v) is 4.44. The summed E-state index contributed by atoms with van der Waals surface area (Å²) in [5.74, 6) is -0.0695. The van der Waals surface area contributed by atoms with Crippen LogP contribution in [-0.2, 0) is 4.79 Å². The highest BCUT2D eigenvalue weighted by Crippen LogP contribution is 2.20. The fourth-order valence-corrected chi connectivity index (χ4v) is 2.32. The third kappa shape index (κ3) is 3.16. The number of carboxylic acid groups (broad SMARTS) is 1. The molecule has 0 radical (unpaired) electrons. The predicted octanol–water partition coefficient (Wildman–Crippen LogP) is 0.732. The summed E-state index contributed by atoms with van der Waals surface area (Å²) in [6.45, 7) is 5.83. The van der Waals surface area contributed by atoms with E-state index in [-0.39, 0.29) is 6.03 Å². The summed E-state index contributed by atoms with van der Waals surface area (Å²) < 4.78 is 0. The number of carbonyl (C=O) groups is 2. The standard InChI is InChI=1S/C9H14N2O3S/c1-6(2)3-10-9(14)11-5-15-4-7(11)8(12)13/h7H,1,3-5H2,2H3,(H,10,14)(H,12,13)/t7-/m0/s1. The minimum atomic E-state index is -0.953. The molecule has 1 aliphatic heterocycles. The van der Waals surface area contributed by atoms with Crippen LogP contribution in [0.4, 0.5) is 4.79 Å². The molecule has 1 fully saturated rings. The number of urea groups is 1. The highest BCUT2D eigenvalue weighted by molar-refractivity contribution is 7.99. The first-order valence-electron chi connectivity index (χ1n) is 4.51. The molecule has 1 atom stereocenters. The topological polar surface area (TPSA) is 69.6 Å². The molecule has 2 N–H and O–H groups in total. The molecule has 0 aromatic carbocycles. The Kier molecular flexibility index (Phi) is 4.02. The van der Waals surface area contributed by atoms with Gasteiger partial charge in [0.15, 0.2) is 0 Å². The Labute approximate surface area is 92.5 Å². The fraction of sp³-hybridized carbons (Fsp3) is 0.556. The summed E-state index contributed by atoms with van der Waals surface area (Å²) in [6.07, 6.45) is 0. The second-order valence-electron chi connectivity index (χ2n) is 3.44. The SMILES string of the molecule is C=C(C)CNC(=O)N1CSC[C@H]1C(=O)O. The normalized spacial score (nSPS) is 20.1. The van der Waals surface area contributed by atoms with Crippen LogP contribution < -0.4 is 5.32 Å². The summed E-state index contributed by atoms with van der Waals surface area (Å²) in [4.78, 5) is 23.7. The molecular weight excluding hydrogens is 216 g/mol. The molecule has 1 aliphatic rings. The van der Waals surface area contributed by atoms with Gasteiger partial charge in [-0.05, 0) is 6.92 Å². The Balaban J connectivity index is 2.51. The van der Waals surface area contributed by atoms with E-state index in [2.05, 4.69) is 11.9 Å². The van der Waals surface area contributed by atoms with Gasteiger partial charge < -0.3 is 15.3 Å². The number of hydrogen-bond acceptors (Lipinski definition) is 3. The monoisotopic (exact) mass is 230 g/mol. The first-order valence-corrected chi connectivity index (χ1v) is 5.67. The summed E-state index contributed by atoms with van der Waals surface area (Å²) in [5, 5.41) is 11.5. The van der Waals surface area contributed by atoms with Crippen LogP contribution in [0.3, 0.4) is 0 Å². The zero-order valence-electron chi connectivity index (χ0n) is 8.52. The Hall–Kier alpha value is -1.17. The lowest BCUT2D eigenvalue weighted by Gasteiger charge is -2.20. The van der Waals surface area contributed by atoms with Crippen LogP contribution in [0.5, 0.6) is 0 Å². The first kappa shape index (κ1) is 11.9. The van der Waals surface area contributed by atoms with Crippen molar-refractivity contribution in [2.24, 2.45) is 0 Å². The van der Waals surface area contributed by atoms with Crippen molar-refractivity contribution in [2.45, 2.75) is 13.0 Å². The molecular formula is C9H14N2O3S. The number of thioether (sulfide) groups is 1. The van der Waals surface area contributed by atoms with Crippen LogP contribution in [0.15, 0.2) is 12.2 Å². The van der Waals surface area contributed by atoms with E-state index in [9.17, 15) is 9.59 Å². The Morgan fingerprint density at radius 3 is 2.87 bits per heavy atom. The summed E-state index contributed by atoms with van der Waals surface area (Å²) in [6, 6.07) is -1.05. The third-order valence-electron chi connectivity index (χ3n) is 1.97. The Bertz CT molecular complexity index is 293. The maximum atomic E-state index is 11.6. The van der Waals surface area contributed by atoms with Gasteiger partial charge in [0, 0.05) is 12.3 Å². The minimum Gasteiger partial charge on any atom is -0.480 e. The maximum Gasteiger partial charge on any atom is 0.327 e. The van der Waals surface area contributed by atoms with Gasteiger partial charge in [0.05, 0.1) is 5.88 Å². The van der Waals surface area contributed by atoms with Gasteiger partial charge in [0.2, 0.25) is 0 Å². The van der Waals surface area contributed by atoms with Crippen molar-refractivity contribution in [3.63, 3.8) is 0 Å². The lowest BCUT2D eigenvalue weighted by molar-refractivity contribution is -0.140. The van der Waals surface area contributed by atoms with Gasteiger partial charge in [0.1, 0.15) is 6.04 Å². The van der Waals surface area contributed by atoms with Gasteiger partial charge in [-0.3, -0.25) is 0 Å². The van der Waals surface area contributed by atoms with Crippen LogP contribution in [0.25, 0.3) is 0 Å². The molecule has 0 aromatic rings. The van der Waals surface area contributed by atoms with Crippen molar-refractivity contribution in [1.82, 2.24) is 10.2 Å². The zero-order chi connectivity index (χ0) is 11.4. The van der Waals surface area contributed by atoms with E-state index in [4.69, 9.17) is 5.11 Å². The van der Waals surface area contributed by atoms with Crippen LogP contribution in [0.2, 0.25) is 0 Å². The summed E-state index contributed by atoms with van der Waals surface area (Å²) in [5.41, 5.74) is 0.835. The quantitative estimate of drug-likeness (QED) is 0.701. The molecule has 0 bridgehead atoms. The van der Waals surface area contributed by atoms with E-state index >= 15 is 0 Å². The van der Waals surface area contributed by atoms with Gasteiger partial charge >= 0.3 is 12.0 Å². The van der Waals surface area contributed by atoms with E-state index in [1.807, 2.05) is 0 Å². The lowest BCUT2D eigenvalue weighted by Crippen LogP contribution is -2.47. The van der Waals surface area contributed by atoms with E-state index in [1.165, 1.54) is 16.7 Å². The van der Waals surface area contributed by atoms with Crippen molar-refractivity contribution in [3.05, 3.63) is 12.2 Å². The molecule has 15 heavy (non-hydrogen) atoms. The maximum absolute atomic E-state index is 11.6. The van der Waals surface area contributed by atoms with Crippen LogP contribution in [-0.4, -0.2) is 46.2 Å². The second kappa shape index (κ2) is 5.06. The van der Waals surface area contributed by atoms with Crippen molar-refractivity contribution in [3.8, 4) is 0 Å². The first-order chi connectivity index (χ1) is 7.02. The van der Waals surface area contributed by atoms with Gasteiger partial charge in [-0.1, -0.05) is 12.2 Å². The molecule has 0 aromatic heterocycles. The minimum absolute atomic E-state index is 0.338. The Morgan fingerprint density at radius 2 is 2.33 bits per heavy atom. The molecule has 0 spiro atoms. The highest BCUT2D eigenvalue weighted by Gasteiger charge is 2.34. The molecule has 84 valence electrons. The van der Waals surface area contributed by atoms with Crippen LogP contribution in [0, 0.1) is 0 Å². The van der Waals surface area contributed by atoms with E-state index in [0.29, 0.717) is 18.2 Å². The van der Waals surface area contributed by atoms with Gasteiger partial charge in [0.25, 0.3) is 0 Å². The van der Waals surface area contributed by atoms with Gasteiger partial charge in [-0.2, -0.15) is 0 Å². The van der Waals surface area contributed by atoms with E-state index < -0.39 is 12.0 Å². The number of nitrogens with zero attached hydrogens (tertiary/aromatic N) is 1. The van der Waals surface area contributed by atoms with Crippen molar-refractivity contribution < 1.29 is 14.7 Å². The molecule has 0 unspecified atom stereocenters. The molecule has 1 saturated heterocycles. The van der Waals surface area contributed by atoms with Gasteiger partial charge in [-0.25, -0.2) is 9.59 Å². The summed E-state index contributed by atoms with van der Waals surface area (Å²) in [7, 11) is 0. The molecule has 2 amide bonds. The fourth-order valence-electron chi connectivity index (χ4n) is 1.18. The van der Waals surface area contributed by atoms with Crippen molar-refractivity contribution >= 4 is 23.8 Å². The largest absolute Gasteiger partial charge is 0.480 e. The van der Waals surface area contributed by atoms with Crippen molar-refractivity contribution in [1.29, 1.82) is 0 Å². The number of nitrogens with one attached hydrogen (secondary N) is 1. The van der Waals surface area contributed by atoms with E-state index in [0.717, 1.165) is 5.57 Å². The summed E-state index contributed by atoms with van der Waals surface area (Å²) >= 11 is 1.44. The molecule has 1 rings (SSSR count). The number of carboxylic acids is 1. The smallest absolute Gasteiger partial charge is 0.327 e. The third-order valence-corrected chi connectivity index (χ3v) is 2.98. The molecule has 1 heterocycles. The lowest BCUT2D eigenvalue weighted by atomic mass is 10.3. The number of rotatable bonds is 3. The van der Waals surface area contributed by atoms with Gasteiger partial charge in [-0.15, -0.1) is 11.8 Å². The molecule has 6 heteroatoms. The molecule has 0 aliphatic carbocycles.